The maximum atomic E-state index is 13.6. The molecule has 4 aromatic rings. The van der Waals surface area contributed by atoms with E-state index in [1.165, 1.54) is 24.8 Å². The third-order valence-corrected chi connectivity index (χ3v) is 10.8. The first-order valence-electron chi connectivity index (χ1n) is 17.6. The lowest BCUT2D eigenvalue weighted by molar-refractivity contribution is -0.130. The molecule has 0 spiro atoms. The molecule has 0 bridgehead atoms. The van der Waals surface area contributed by atoms with E-state index in [0.717, 1.165) is 25.7 Å². The van der Waals surface area contributed by atoms with Gasteiger partial charge in [-0.25, -0.2) is 37.5 Å². The average molecular weight is 723 g/mol. The normalized spacial score (nSPS) is 27.3. The van der Waals surface area contributed by atoms with Crippen molar-refractivity contribution in [1.82, 2.24) is 39.7 Å². The molecule has 4 aliphatic rings. The number of piperidine rings is 2. The molecule has 6 heterocycles. The number of H-pyrrole nitrogens is 2. The summed E-state index contributed by atoms with van der Waals surface area (Å²) in [4.78, 5) is 50.4. The summed E-state index contributed by atoms with van der Waals surface area (Å²) in [5.74, 6) is -6.00. The number of nitrogens with zero attached hydrogens (tertiary/aromatic N) is 6. The van der Waals surface area contributed by atoms with Crippen molar-refractivity contribution in [2.45, 2.75) is 100 Å². The van der Waals surface area contributed by atoms with Gasteiger partial charge in [-0.2, -0.15) is 0 Å². The predicted octanol–water partition coefficient (Wildman–Crippen LogP) is 6.12. The molecule has 12 nitrogen and oxygen atoms in total. The predicted molar refractivity (Wildman–Crippen MR) is 188 cm³/mol. The van der Waals surface area contributed by atoms with Gasteiger partial charge in [-0.3, -0.25) is 9.59 Å². The maximum Gasteiger partial charge on any atom is 0.256 e. The summed E-state index contributed by atoms with van der Waals surface area (Å²) < 4.78 is 54.3. The second-order valence-electron chi connectivity index (χ2n) is 14.3. The minimum absolute atomic E-state index is 0.00402. The molecule has 4 N–H and O–H groups in total. The fraction of sp³-hybridized carbons (Fsp3) is 0.500. The number of amides is 2. The zero-order valence-corrected chi connectivity index (χ0v) is 29.0. The van der Waals surface area contributed by atoms with Crippen LogP contribution in [0.4, 0.5) is 29.2 Å². The van der Waals surface area contributed by atoms with Crippen LogP contribution in [0.25, 0.3) is 22.1 Å². The van der Waals surface area contributed by atoms with Gasteiger partial charge in [0.15, 0.2) is 0 Å². The van der Waals surface area contributed by atoms with Crippen LogP contribution in [-0.4, -0.2) is 101 Å². The fourth-order valence-electron chi connectivity index (χ4n) is 7.53. The number of halogens is 4. The van der Waals surface area contributed by atoms with E-state index in [1.807, 2.05) is 13.8 Å². The average Bonchev–Trinajstić information content (AvgIpc) is 3.74. The highest BCUT2D eigenvalue weighted by atomic mass is 19.3. The van der Waals surface area contributed by atoms with Gasteiger partial charge in [0.1, 0.15) is 35.6 Å². The van der Waals surface area contributed by atoms with Gasteiger partial charge in [0.2, 0.25) is 11.8 Å². The van der Waals surface area contributed by atoms with Crippen LogP contribution < -0.4 is 10.6 Å². The number of carbonyl (C=O) groups is 2. The number of likely N-dealkylation sites (tertiary alicyclic amines) is 2. The number of rotatable bonds is 8. The lowest BCUT2D eigenvalue weighted by Gasteiger charge is -2.38. The van der Waals surface area contributed by atoms with E-state index in [0.29, 0.717) is 57.9 Å². The molecule has 2 amide bonds. The van der Waals surface area contributed by atoms with Crippen LogP contribution in [0.15, 0.2) is 50.4 Å². The van der Waals surface area contributed by atoms with E-state index in [1.54, 1.807) is 22.2 Å². The lowest BCUT2D eigenvalue weighted by atomic mass is 9.99. The molecule has 16 heteroatoms. The van der Waals surface area contributed by atoms with Gasteiger partial charge in [0.25, 0.3) is 11.8 Å². The van der Waals surface area contributed by atoms with Gasteiger partial charge < -0.3 is 30.4 Å². The number of hydrogen-bond donors (Lipinski definition) is 4. The largest absolute Gasteiger partial charge is 0.365 e. The van der Waals surface area contributed by atoms with Crippen molar-refractivity contribution < 1.29 is 27.2 Å². The second kappa shape index (κ2) is 13.5. The minimum atomic E-state index is -2.66. The van der Waals surface area contributed by atoms with Crippen molar-refractivity contribution in [3.63, 3.8) is 0 Å². The summed E-state index contributed by atoms with van der Waals surface area (Å²) in [6.45, 7) is 12.2. The molecule has 2 saturated carbocycles. The molecule has 0 radical (unpaired) electrons. The number of aromatic nitrogens is 6. The van der Waals surface area contributed by atoms with Gasteiger partial charge in [-0.05, 0) is 62.8 Å². The molecule has 2 aliphatic heterocycles. The quantitative estimate of drug-likeness (QED) is 0.126. The molecule has 2 aliphatic carbocycles. The summed E-state index contributed by atoms with van der Waals surface area (Å²) in [6, 6.07) is 0.292. The Hall–Kier alpha value is -5.02. The first kappa shape index (κ1) is 35.4. The SMILES string of the molecule is C=CC(=O)N1C[C@H](Nc2ncnc3[nH]cc([C@@H]4CC4(F)F)c23)CC[C@@H]1C.C=CC(=O)N1C[C@H](Nc2ncnc3[nH]cc([C@H]4CC4(F)F)c23)CC[C@@H]1C. The Balaban J connectivity index is 0.000000162. The Bertz CT molecular complexity index is 1870. The highest BCUT2D eigenvalue weighted by molar-refractivity contribution is 5.93. The lowest BCUT2D eigenvalue weighted by Crippen LogP contribution is -2.49. The van der Waals surface area contributed by atoms with E-state index in [-0.39, 0.29) is 48.8 Å². The molecule has 0 unspecified atom stereocenters. The van der Waals surface area contributed by atoms with E-state index >= 15 is 0 Å². The van der Waals surface area contributed by atoms with Gasteiger partial charge in [0, 0.05) is 62.5 Å². The van der Waals surface area contributed by atoms with Crippen LogP contribution in [0.2, 0.25) is 0 Å². The number of alkyl halides is 4. The Morgan fingerprint density at radius 3 is 1.46 bits per heavy atom. The molecule has 276 valence electrons. The number of aromatic amines is 2. The Kier molecular flexibility index (Phi) is 9.19. The molecule has 4 aromatic heterocycles. The number of carbonyl (C=O) groups excluding carboxylic acids is 2. The summed E-state index contributed by atoms with van der Waals surface area (Å²) in [5, 5.41) is 7.93. The molecule has 0 aromatic carbocycles. The van der Waals surface area contributed by atoms with Gasteiger partial charge in [-0.1, -0.05) is 13.2 Å². The Labute approximate surface area is 297 Å². The van der Waals surface area contributed by atoms with Crippen molar-refractivity contribution in [2.75, 3.05) is 23.7 Å². The third-order valence-electron chi connectivity index (χ3n) is 10.8. The van der Waals surface area contributed by atoms with Crippen molar-refractivity contribution in [1.29, 1.82) is 0 Å². The van der Waals surface area contributed by atoms with Crippen LogP contribution in [0.5, 0.6) is 0 Å². The fourth-order valence-corrected chi connectivity index (χ4v) is 7.53. The van der Waals surface area contributed by atoms with Crippen LogP contribution >= 0.6 is 0 Å². The van der Waals surface area contributed by atoms with Crippen molar-refractivity contribution in [3.8, 4) is 0 Å². The van der Waals surface area contributed by atoms with E-state index < -0.39 is 23.7 Å². The zero-order valence-electron chi connectivity index (χ0n) is 29.0. The topological polar surface area (TPSA) is 148 Å². The van der Waals surface area contributed by atoms with Crippen molar-refractivity contribution in [2.24, 2.45) is 0 Å². The second-order valence-corrected chi connectivity index (χ2v) is 14.3. The van der Waals surface area contributed by atoms with Crippen molar-refractivity contribution in [3.05, 3.63) is 61.5 Å². The highest BCUT2D eigenvalue weighted by Crippen LogP contribution is 2.58. The number of anilines is 2. The van der Waals surface area contributed by atoms with Crippen molar-refractivity contribution >= 4 is 45.5 Å². The Morgan fingerprint density at radius 2 is 1.12 bits per heavy atom. The summed E-state index contributed by atoms with van der Waals surface area (Å²) in [7, 11) is 0. The first-order valence-corrected chi connectivity index (χ1v) is 17.6. The number of nitrogens with one attached hydrogen (secondary N) is 4. The number of fused-ring (bicyclic) bond motifs is 2. The maximum absolute atomic E-state index is 13.6. The van der Waals surface area contributed by atoms with Crippen LogP contribution in [0.3, 0.4) is 0 Å². The van der Waals surface area contributed by atoms with Gasteiger partial charge in [-0.15, -0.1) is 0 Å². The third kappa shape index (κ3) is 6.82. The Morgan fingerprint density at radius 1 is 0.731 bits per heavy atom. The van der Waals surface area contributed by atoms with Crippen LogP contribution in [-0.2, 0) is 9.59 Å². The standard InChI is InChI=1S/2C18H21F2N5O/c2*1-3-14(26)25-8-11(5-4-10(25)2)24-17-15-12(13-6-18(13,19)20)7-21-16(15)22-9-23-17/h2*3,7,9-11,13H,1,4-6,8H2,2H3,(H2,21,22,23,24)/t10-,11+,13+;10-,11+,13-/m00/s1. The van der Waals surface area contributed by atoms with Crippen LogP contribution in [0.1, 0.15) is 75.3 Å². The number of hydrogen-bond acceptors (Lipinski definition) is 8. The smallest absolute Gasteiger partial charge is 0.256 e. The van der Waals surface area contributed by atoms with Crippen LogP contribution in [0, 0.1) is 0 Å². The summed E-state index contributed by atoms with van der Waals surface area (Å²) in [5.41, 5.74) is 2.19. The highest BCUT2D eigenvalue weighted by Gasteiger charge is 2.59. The summed E-state index contributed by atoms with van der Waals surface area (Å²) >= 11 is 0. The minimum Gasteiger partial charge on any atom is -0.365 e. The monoisotopic (exact) mass is 722 g/mol. The van der Waals surface area contributed by atoms with Gasteiger partial charge >= 0.3 is 0 Å². The van der Waals surface area contributed by atoms with E-state index in [4.69, 9.17) is 0 Å². The van der Waals surface area contributed by atoms with Gasteiger partial charge in [0.05, 0.1) is 22.6 Å². The molecule has 2 saturated heterocycles. The molecular formula is C36H42F4N10O2. The van der Waals surface area contributed by atoms with E-state index in [2.05, 4.69) is 53.7 Å². The first-order chi connectivity index (χ1) is 24.8. The molecule has 4 fully saturated rings. The molecule has 52 heavy (non-hydrogen) atoms. The zero-order chi connectivity index (χ0) is 36.9. The molecule has 6 atom stereocenters. The summed E-state index contributed by atoms with van der Waals surface area (Å²) in [6.07, 6.45) is 11.8. The molecule has 8 rings (SSSR count). The molecular weight excluding hydrogens is 680 g/mol. The van der Waals surface area contributed by atoms with E-state index in [9.17, 15) is 27.2 Å².